The van der Waals surface area contributed by atoms with E-state index in [2.05, 4.69) is 25.2 Å². The van der Waals surface area contributed by atoms with Gasteiger partial charge in [0.05, 0.1) is 46.3 Å². The van der Waals surface area contributed by atoms with Crippen molar-refractivity contribution < 1.29 is 18.8 Å². The highest BCUT2D eigenvalue weighted by Crippen LogP contribution is 2.40. The van der Waals surface area contributed by atoms with Crippen LogP contribution in [0, 0.1) is 5.82 Å². The van der Waals surface area contributed by atoms with Crippen LogP contribution in [0.3, 0.4) is 0 Å². The fourth-order valence-electron chi connectivity index (χ4n) is 5.63. The number of aromatic amines is 1. The first-order valence-corrected chi connectivity index (χ1v) is 13.1. The SMILES string of the molecule is O=C1C(c2ccccc2)=C(N2CCN(C(=O)C(=O)c3c[nH]c4c(-n5ccnn5)ncc(F)c34)CC2)c2ccccc21. The van der Waals surface area contributed by atoms with Crippen molar-refractivity contribution in [2.75, 3.05) is 26.2 Å². The van der Waals surface area contributed by atoms with E-state index in [4.69, 9.17) is 0 Å². The summed E-state index contributed by atoms with van der Waals surface area (Å²) in [5.74, 6) is -2.03. The summed E-state index contributed by atoms with van der Waals surface area (Å²) in [7, 11) is 0. The number of nitrogens with zero attached hydrogens (tertiary/aromatic N) is 6. The molecular formula is C30H22FN7O3. The number of ketones is 2. The number of H-pyrrole nitrogens is 1. The van der Waals surface area contributed by atoms with Crippen LogP contribution in [0.2, 0.25) is 0 Å². The first-order valence-electron chi connectivity index (χ1n) is 13.1. The molecule has 2 aliphatic rings. The zero-order valence-electron chi connectivity index (χ0n) is 21.6. The first-order chi connectivity index (χ1) is 20.0. The summed E-state index contributed by atoms with van der Waals surface area (Å²) < 4.78 is 16.2. The van der Waals surface area contributed by atoms with Gasteiger partial charge in [-0.25, -0.2) is 14.1 Å². The third-order valence-corrected chi connectivity index (χ3v) is 7.56. The highest BCUT2D eigenvalue weighted by molar-refractivity contribution is 6.45. The Morgan fingerprint density at radius 2 is 1.66 bits per heavy atom. The molecule has 1 saturated heterocycles. The fraction of sp³-hybridized carbons (Fsp3) is 0.133. The standard InChI is InChI=1S/C30H22FN7O3/c31-22-17-33-29(38-11-10-34-35-38)25-24(22)21(16-32-25)28(40)30(41)37-14-12-36(13-15-37)26-19-8-4-5-9-20(19)27(39)23(26)18-6-2-1-3-7-18/h1-11,16-17,32H,12-15H2. The minimum atomic E-state index is -0.815. The number of benzene rings is 2. The lowest BCUT2D eigenvalue weighted by molar-refractivity contribution is -0.127. The Hall–Kier alpha value is -5.45. The molecule has 1 aliphatic carbocycles. The van der Waals surface area contributed by atoms with Crippen LogP contribution in [0.1, 0.15) is 31.8 Å². The molecule has 1 aliphatic heterocycles. The number of aromatic nitrogens is 5. The largest absolute Gasteiger partial charge is 0.367 e. The Balaban J connectivity index is 1.15. The zero-order chi connectivity index (χ0) is 28.1. The highest BCUT2D eigenvalue weighted by Gasteiger charge is 2.36. The van der Waals surface area contributed by atoms with Gasteiger partial charge in [-0.05, 0) is 5.56 Å². The second-order valence-electron chi connectivity index (χ2n) is 9.80. The van der Waals surface area contributed by atoms with Crippen molar-refractivity contribution in [2.24, 2.45) is 0 Å². The average Bonchev–Trinajstić information content (AvgIpc) is 3.77. The molecule has 7 rings (SSSR count). The summed E-state index contributed by atoms with van der Waals surface area (Å²) in [5, 5.41) is 7.60. The number of hydrogen-bond donors (Lipinski definition) is 1. The van der Waals surface area contributed by atoms with E-state index in [0.29, 0.717) is 24.2 Å². The molecule has 0 radical (unpaired) electrons. The summed E-state index contributed by atoms with van der Waals surface area (Å²) >= 11 is 0. The highest BCUT2D eigenvalue weighted by atomic mass is 19.1. The lowest BCUT2D eigenvalue weighted by Crippen LogP contribution is -2.49. The number of nitrogens with one attached hydrogen (secondary N) is 1. The quantitative estimate of drug-likeness (QED) is 0.265. The van der Waals surface area contributed by atoms with Gasteiger partial charge in [-0.1, -0.05) is 59.8 Å². The first kappa shape index (κ1) is 24.6. The number of carbonyl (C=O) groups is 3. The predicted molar refractivity (Wildman–Crippen MR) is 147 cm³/mol. The third kappa shape index (κ3) is 3.93. The van der Waals surface area contributed by atoms with E-state index in [1.807, 2.05) is 54.6 Å². The van der Waals surface area contributed by atoms with Crippen LogP contribution in [0.5, 0.6) is 0 Å². The third-order valence-electron chi connectivity index (χ3n) is 7.56. The van der Waals surface area contributed by atoms with Crippen molar-refractivity contribution in [3.63, 3.8) is 0 Å². The molecule has 0 atom stereocenters. The van der Waals surface area contributed by atoms with Crippen LogP contribution in [0.15, 0.2) is 79.4 Å². The zero-order valence-corrected chi connectivity index (χ0v) is 21.6. The number of rotatable bonds is 5. The summed E-state index contributed by atoms with van der Waals surface area (Å²) in [5.41, 5.74) is 3.98. The van der Waals surface area contributed by atoms with Crippen LogP contribution in [-0.4, -0.2) is 78.4 Å². The molecule has 0 spiro atoms. The molecular weight excluding hydrogens is 525 g/mol. The minimum Gasteiger partial charge on any atom is -0.367 e. The second kappa shape index (κ2) is 9.63. The topological polar surface area (TPSA) is 117 Å². The van der Waals surface area contributed by atoms with Crippen molar-refractivity contribution in [1.29, 1.82) is 0 Å². The molecule has 41 heavy (non-hydrogen) atoms. The normalized spacial score (nSPS) is 15.1. The Morgan fingerprint density at radius 3 is 2.39 bits per heavy atom. The molecule has 0 saturated carbocycles. The Kier molecular flexibility index (Phi) is 5.77. The number of carbonyl (C=O) groups excluding carboxylic acids is 3. The van der Waals surface area contributed by atoms with E-state index in [0.717, 1.165) is 23.0 Å². The Bertz CT molecular complexity index is 1870. The Labute approximate surface area is 232 Å². The molecule has 1 fully saturated rings. The number of pyridine rings is 1. The van der Waals surface area contributed by atoms with Crippen LogP contribution < -0.4 is 0 Å². The summed E-state index contributed by atoms with van der Waals surface area (Å²) in [6.07, 6.45) is 5.31. The van der Waals surface area contributed by atoms with Crippen LogP contribution in [-0.2, 0) is 4.79 Å². The van der Waals surface area contributed by atoms with E-state index >= 15 is 0 Å². The lowest BCUT2D eigenvalue weighted by Gasteiger charge is -2.37. The molecule has 1 N–H and O–H groups in total. The van der Waals surface area contributed by atoms with Crippen LogP contribution in [0.4, 0.5) is 4.39 Å². The molecule has 3 aromatic heterocycles. The van der Waals surface area contributed by atoms with E-state index in [1.165, 1.54) is 22.0 Å². The molecule has 1 amide bonds. The molecule has 10 nitrogen and oxygen atoms in total. The number of hydrogen-bond acceptors (Lipinski definition) is 7. The van der Waals surface area contributed by atoms with Gasteiger partial charge in [-0.3, -0.25) is 14.4 Å². The number of Topliss-reactive ketones (excluding diaryl/α,β-unsaturated/α-hetero) is 2. The molecule has 11 heteroatoms. The molecule has 5 aromatic rings. The summed E-state index contributed by atoms with van der Waals surface area (Å²) in [4.78, 5) is 50.6. The van der Waals surface area contributed by atoms with Crippen molar-refractivity contribution in [3.05, 3.63) is 107 Å². The van der Waals surface area contributed by atoms with Gasteiger partial charge in [0.15, 0.2) is 17.4 Å². The van der Waals surface area contributed by atoms with E-state index in [1.54, 1.807) is 6.20 Å². The predicted octanol–water partition coefficient (Wildman–Crippen LogP) is 3.37. The maximum atomic E-state index is 14.9. The lowest BCUT2D eigenvalue weighted by atomic mass is 10.0. The van der Waals surface area contributed by atoms with Crippen molar-refractivity contribution in [2.45, 2.75) is 0 Å². The number of amides is 1. The van der Waals surface area contributed by atoms with Gasteiger partial charge in [0.2, 0.25) is 0 Å². The minimum absolute atomic E-state index is 0.0266. The Morgan fingerprint density at radius 1 is 0.927 bits per heavy atom. The number of fused-ring (bicyclic) bond motifs is 2. The fourth-order valence-corrected chi connectivity index (χ4v) is 5.63. The van der Waals surface area contributed by atoms with Crippen molar-refractivity contribution >= 4 is 39.6 Å². The number of allylic oxidation sites excluding steroid dienone is 1. The van der Waals surface area contributed by atoms with Gasteiger partial charge >= 0.3 is 0 Å². The molecule has 0 bridgehead atoms. The van der Waals surface area contributed by atoms with Gasteiger partial charge in [0, 0.05) is 43.5 Å². The summed E-state index contributed by atoms with van der Waals surface area (Å²) in [6.45, 7) is 1.38. The monoisotopic (exact) mass is 547 g/mol. The second-order valence-corrected chi connectivity index (χ2v) is 9.80. The van der Waals surface area contributed by atoms with Crippen molar-refractivity contribution in [1.82, 2.24) is 34.8 Å². The summed E-state index contributed by atoms with van der Waals surface area (Å²) in [6, 6.07) is 17.1. The van der Waals surface area contributed by atoms with E-state index in [-0.39, 0.29) is 41.2 Å². The number of piperazine rings is 1. The van der Waals surface area contributed by atoms with Crippen molar-refractivity contribution in [3.8, 4) is 5.82 Å². The maximum Gasteiger partial charge on any atom is 0.295 e. The van der Waals surface area contributed by atoms with Gasteiger partial charge in [0.25, 0.3) is 11.7 Å². The smallest absolute Gasteiger partial charge is 0.295 e. The molecule has 0 unspecified atom stereocenters. The van der Waals surface area contributed by atoms with Crippen LogP contribution >= 0.6 is 0 Å². The van der Waals surface area contributed by atoms with Gasteiger partial charge in [-0.15, -0.1) is 5.10 Å². The van der Waals surface area contributed by atoms with E-state index in [9.17, 15) is 18.8 Å². The molecule has 2 aromatic carbocycles. The number of halogens is 1. The maximum absolute atomic E-state index is 14.9. The van der Waals surface area contributed by atoms with Gasteiger partial charge < -0.3 is 14.8 Å². The van der Waals surface area contributed by atoms with E-state index < -0.39 is 17.5 Å². The molecule has 202 valence electrons. The average molecular weight is 548 g/mol. The van der Waals surface area contributed by atoms with Gasteiger partial charge in [-0.2, -0.15) is 0 Å². The molecule has 4 heterocycles. The van der Waals surface area contributed by atoms with Gasteiger partial charge in [0.1, 0.15) is 0 Å². The van der Waals surface area contributed by atoms with Crippen LogP contribution in [0.25, 0.3) is 28.0 Å².